The fourth-order valence-electron chi connectivity index (χ4n) is 2.15. The third-order valence-corrected chi connectivity index (χ3v) is 8.84. The molecule has 0 radical (unpaired) electrons. The van der Waals surface area contributed by atoms with Gasteiger partial charge in [0.05, 0.1) is 7.11 Å². The van der Waals surface area contributed by atoms with Crippen LogP contribution < -0.4 is 10.2 Å². The van der Waals surface area contributed by atoms with E-state index in [0.717, 1.165) is 42.8 Å². The Morgan fingerprint density at radius 2 is 2.27 bits per heavy atom. The summed E-state index contributed by atoms with van der Waals surface area (Å²) in [6.07, 6.45) is 6.99. The van der Waals surface area contributed by atoms with Crippen LogP contribution in [0.3, 0.4) is 0 Å². The fourth-order valence-corrected chi connectivity index (χ4v) is 7.58. The van der Waals surface area contributed by atoms with Gasteiger partial charge in [0, 0.05) is 0 Å². The quantitative estimate of drug-likeness (QED) is 0.324. The molecule has 1 aromatic carbocycles. The van der Waals surface area contributed by atoms with Gasteiger partial charge in [-0.05, 0) is 0 Å². The Balaban J connectivity index is 1.58. The van der Waals surface area contributed by atoms with Crippen molar-refractivity contribution in [3.63, 3.8) is 0 Å². The van der Waals surface area contributed by atoms with Gasteiger partial charge in [-0.1, -0.05) is 0 Å². The molecule has 1 aliphatic heterocycles. The van der Waals surface area contributed by atoms with Gasteiger partial charge in [0.15, 0.2) is 0 Å². The van der Waals surface area contributed by atoms with Crippen molar-refractivity contribution < 1.29 is 9.53 Å². The van der Waals surface area contributed by atoms with Gasteiger partial charge in [-0.2, -0.15) is 0 Å². The zero-order valence-corrected chi connectivity index (χ0v) is 15.3. The van der Waals surface area contributed by atoms with Gasteiger partial charge in [0.2, 0.25) is 0 Å². The number of unbranched alkanes of at least 4 members (excludes halogenated alkanes) is 1. The molecule has 1 saturated heterocycles. The number of amides is 1. The molecule has 1 amide bonds. The van der Waals surface area contributed by atoms with E-state index >= 15 is 0 Å². The Morgan fingerprint density at radius 1 is 1.45 bits per heavy atom. The van der Waals surface area contributed by atoms with Crippen molar-refractivity contribution in [2.24, 2.45) is 5.10 Å². The molecule has 0 saturated carbocycles. The van der Waals surface area contributed by atoms with E-state index in [2.05, 4.69) is 20.7 Å². The molecule has 0 spiro atoms. The number of hydrogen-bond donors (Lipinski definition) is 1. The Bertz CT molecular complexity index is 487. The standard InChI is InChI=1S/C16H22N2O2SSe/c1-20-14-8-6-13(7-9-14)12-17-18-16(19)5-3-2-4-15-10-11-21-22-15/h6-9,12,15H,2-5,10-11H2,1H3,(H,18,19)/b17-12+. The van der Waals surface area contributed by atoms with Crippen molar-refractivity contribution in [3.05, 3.63) is 29.8 Å². The van der Waals surface area contributed by atoms with Gasteiger partial charge < -0.3 is 4.74 Å². The summed E-state index contributed by atoms with van der Waals surface area (Å²) in [5, 5.41) is 3.99. The van der Waals surface area contributed by atoms with Gasteiger partial charge in [-0.25, -0.2) is 0 Å². The van der Waals surface area contributed by atoms with Crippen LogP contribution in [0.25, 0.3) is 0 Å². The van der Waals surface area contributed by atoms with Crippen molar-refractivity contribution in [1.29, 1.82) is 0 Å². The van der Waals surface area contributed by atoms with Gasteiger partial charge in [-0.15, -0.1) is 0 Å². The second kappa shape index (κ2) is 9.93. The van der Waals surface area contributed by atoms with E-state index in [0.29, 0.717) is 6.42 Å². The number of benzene rings is 1. The van der Waals surface area contributed by atoms with E-state index in [1.54, 1.807) is 13.3 Å². The molecule has 1 unspecified atom stereocenters. The second-order valence-electron chi connectivity index (χ2n) is 5.14. The van der Waals surface area contributed by atoms with E-state index in [1.165, 1.54) is 18.6 Å². The molecular formula is C16H22N2O2SSe. The number of carbonyl (C=O) groups is 1. The van der Waals surface area contributed by atoms with Crippen molar-refractivity contribution in [2.75, 3.05) is 12.9 Å². The average Bonchev–Trinajstić information content (AvgIpc) is 3.06. The van der Waals surface area contributed by atoms with E-state index in [-0.39, 0.29) is 5.91 Å². The first-order chi connectivity index (χ1) is 10.8. The van der Waals surface area contributed by atoms with E-state index < -0.39 is 0 Å². The summed E-state index contributed by atoms with van der Waals surface area (Å²) in [6, 6.07) is 7.53. The van der Waals surface area contributed by atoms with E-state index in [4.69, 9.17) is 4.74 Å². The number of methoxy groups -OCH3 is 1. The Morgan fingerprint density at radius 3 is 2.95 bits per heavy atom. The number of ether oxygens (including phenoxy) is 1. The average molecular weight is 385 g/mol. The first kappa shape index (κ1) is 17.4. The third-order valence-electron chi connectivity index (χ3n) is 3.43. The molecule has 120 valence electrons. The minimum absolute atomic E-state index is 0.00364. The summed E-state index contributed by atoms with van der Waals surface area (Å²) in [4.78, 5) is 12.6. The second-order valence-corrected chi connectivity index (χ2v) is 10.1. The maximum atomic E-state index is 11.7. The van der Waals surface area contributed by atoms with Crippen LogP contribution in [0, 0.1) is 0 Å². The van der Waals surface area contributed by atoms with Crippen molar-refractivity contribution in [2.45, 2.75) is 36.9 Å². The fraction of sp³-hybridized carbons (Fsp3) is 0.500. The molecule has 2 rings (SSSR count). The molecule has 1 atom stereocenters. The summed E-state index contributed by atoms with van der Waals surface area (Å²) in [5.41, 5.74) is 3.52. The molecule has 0 aliphatic carbocycles. The van der Waals surface area contributed by atoms with Crippen LogP contribution in [0.2, 0.25) is 4.82 Å². The van der Waals surface area contributed by atoms with Crippen LogP contribution in [0.15, 0.2) is 29.4 Å². The van der Waals surface area contributed by atoms with Crippen molar-refractivity contribution in [3.8, 4) is 5.75 Å². The maximum absolute atomic E-state index is 11.7. The molecule has 1 heterocycles. The molecule has 4 nitrogen and oxygen atoms in total. The molecule has 1 aromatic rings. The molecule has 1 N–H and O–H groups in total. The summed E-state index contributed by atoms with van der Waals surface area (Å²) in [6.45, 7) is 0. The van der Waals surface area contributed by atoms with Crippen LogP contribution in [-0.2, 0) is 4.79 Å². The van der Waals surface area contributed by atoms with Gasteiger partial charge >= 0.3 is 124 Å². The predicted molar refractivity (Wildman–Crippen MR) is 93.8 cm³/mol. The van der Waals surface area contributed by atoms with Crippen molar-refractivity contribution >= 4 is 36.1 Å². The molecule has 0 aromatic heterocycles. The number of nitrogens with one attached hydrogen (secondary N) is 1. The van der Waals surface area contributed by atoms with Gasteiger partial charge in [0.25, 0.3) is 0 Å². The van der Waals surface area contributed by atoms with E-state index in [1.807, 2.05) is 24.3 Å². The van der Waals surface area contributed by atoms with Crippen LogP contribution in [-0.4, -0.2) is 38.8 Å². The van der Waals surface area contributed by atoms with Crippen molar-refractivity contribution in [1.82, 2.24) is 5.43 Å². The summed E-state index contributed by atoms with van der Waals surface area (Å²) >= 11 is 0.783. The zero-order chi connectivity index (χ0) is 15.6. The summed E-state index contributed by atoms with van der Waals surface area (Å²) in [5.74, 6) is 2.14. The van der Waals surface area contributed by atoms with Crippen LogP contribution in [0.1, 0.15) is 37.7 Å². The number of hydrogen-bond acceptors (Lipinski definition) is 4. The van der Waals surface area contributed by atoms with Crippen LogP contribution in [0.5, 0.6) is 5.75 Å². The Kier molecular flexibility index (Phi) is 7.84. The van der Waals surface area contributed by atoms with Crippen LogP contribution >= 0.6 is 10.2 Å². The first-order valence-electron chi connectivity index (χ1n) is 7.52. The molecule has 1 aliphatic rings. The van der Waals surface area contributed by atoms with Gasteiger partial charge in [-0.3, -0.25) is 0 Å². The number of rotatable bonds is 8. The summed E-state index contributed by atoms with van der Waals surface area (Å²) in [7, 11) is 3.75. The van der Waals surface area contributed by atoms with E-state index in [9.17, 15) is 4.79 Å². The molecule has 1 fully saturated rings. The summed E-state index contributed by atoms with van der Waals surface area (Å²) < 4.78 is 5.09. The number of nitrogens with zero attached hydrogens (tertiary/aromatic N) is 1. The van der Waals surface area contributed by atoms with Crippen LogP contribution in [0.4, 0.5) is 0 Å². The zero-order valence-electron chi connectivity index (χ0n) is 12.8. The Labute approximate surface area is 141 Å². The first-order valence-corrected chi connectivity index (χ1v) is 11.5. The normalized spacial score (nSPS) is 17.8. The topological polar surface area (TPSA) is 50.7 Å². The Hall–Kier alpha value is -0.971. The molecule has 0 bridgehead atoms. The molecular weight excluding hydrogens is 363 g/mol. The number of carbonyl (C=O) groups excluding carboxylic acids is 1. The number of hydrazone groups is 1. The SMILES string of the molecule is COc1ccc(/C=N/NC(=O)CCCCC2CCS[Se]2)cc1. The molecule has 22 heavy (non-hydrogen) atoms. The predicted octanol–water partition coefficient (Wildman–Crippen LogP) is 3.25. The van der Waals surface area contributed by atoms with Gasteiger partial charge in [0.1, 0.15) is 5.75 Å². The molecule has 6 heteroatoms. The monoisotopic (exact) mass is 386 g/mol. The third kappa shape index (κ3) is 6.42. The minimum atomic E-state index is -0.00364.